The predicted molar refractivity (Wildman–Crippen MR) is 101 cm³/mol. The van der Waals surface area contributed by atoms with Gasteiger partial charge in [-0.2, -0.15) is 0 Å². The fourth-order valence-corrected chi connectivity index (χ4v) is 3.52. The zero-order valence-electron chi connectivity index (χ0n) is 16.0. The summed E-state index contributed by atoms with van der Waals surface area (Å²) in [5.74, 6) is -3.83. The van der Waals surface area contributed by atoms with Gasteiger partial charge in [-0.25, -0.2) is 4.79 Å². The van der Waals surface area contributed by atoms with Crippen molar-refractivity contribution in [2.24, 2.45) is 11.3 Å². The Labute approximate surface area is 156 Å². The molecule has 0 saturated heterocycles. The van der Waals surface area contributed by atoms with Gasteiger partial charge in [-0.3, -0.25) is 9.59 Å². The van der Waals surface area contributed by atoms with Crippen molar-refractivity contribution in [2.75, 3.05) is 0 Å². The maximum absolute atomic E-state index is 12.6. The van der Waals surface area contributed by atoms with Gasteiger partial charge in [0, 0.05) is 12.0 Å². The van der Waals surface area contributed by atoms with E-state index in [0.29, 0.717) is 6.42 Å². The quantitative estimate of drug-likeness (QED) is 0.460. The summed E-state index contributed by atoms with van der Waals surface area (Å²) in [6.07, 6.45) is 14.5. The minimum absolute atomic E-state index is 0.127. The molecule has 0 spiro atoms. The Kier molecular flexibility index (Phi) is 9.31. The lowest BCUT2D eigenvalue weighted by Crippen LogP contribution is -2.42. The number of unbranched alkanes of at least 4 members (excludes halogenated alkanes) is 8. The first-order valence-corrected chi connectivity index (χ1v) is 9.73. The Bertz CT molecular complexity index is 561. The molecule has 0 radical (unpaired) electrons. The number of carbonyl (C=O) groups is 3. The first-order valence-electron chi connectivity index (χ1n) is 9.73. The molecule has 0 aliphatic heterocycles. The minimum atomic E-state index is -1.50. The van der Waals surface area contributed by atoms with Crippen molar-refractivity contribution in [3.05, 3.63) is 23.8 Å². The highest BCUT2D eigenvalue weighted by atomic mass is 16.4. The highest BCUT2D eigenvalue weighted by Crippen LogP contribution is 2.39. The zero-order valence-corrected chi connectivity index (χ0v) is 16.0. The number of Topliss-reactive ketones (excluding diaryl/α,β-unsaturated/α-hetero) is 1. The van der Waals surface area contributed by atoms with E-state index in [9.17, 15) is 24.6 Å². The fraction of sp³-hybridized carbons (Fsp3) is 0.667. The molecule has 0 aromatic carbocycles. The number of hydrogen-bond donors (Lipinski definition) is 2. The lowest BCUT2D eigenvalue weighted by atomic mass is 9.67. The first kappa shape index (κ1) is 22.1. The van der Waals surface area contributed by atoms with Gasteiger partial charge in [-0.05, 0) is 13.3 Å². The van der Waals surface area contributed by atoms with Crippen LogP contribution in [-0.4, -0.2) is 27.9 Å². The van der Waals surface area contributed by atoms with Gasteiger partial charge in [0.05, 0.1) is 11.3 Å². The highest BCUT2D eigenvalue weighted by molar-refractivity contribution is 6.01. The number of hydrogen-bond acceptors (Lipinski definition) is 3. The molecule has 1 aliphatic rings. The van der Waals surface area contributed by atoms with Crippen molar-refractivity contribution < 1.29 is 24.6 Å². The van der Waals surface area contributed by atoms with Gasteiger partial charge in [0.2, 0.25) is 0 Å². The van der Waals surface area contributed by atoms with E-state index < -0.39 is 23.3 Å². The van der Waals surface area contributed by atoms with E-state index in [1.165, 1.54) is 57.3 Å². The number of ketones is 1. The van der Waals surface area contributed by atoms with Crippen LogP contribution in [0.4, 0.5) is 0 Å². The molecule has 0 saturated carbocycles. The molecule has 146 valence electrons. The molecular weight excluding hydrogens is 332 g/mol. The van der Waals surface area contributed by atoms with Crippen molar-refractivity contribution in [2.45, 2.75) is 78.1 Å². The normalized spacial score (nSPS) is 22.1. The molecule has 2 unspecified atom stereocenters. The molecule has 1 rings (SSSR count). The first-order chi connectivity index (χ1) is 12.3. The predicted octanol–water partition coefficient (Wildman–Crippen LogP) is 4.76. The Balaban J connectivity index is 2.50. The third-order valence-corrected chi connectivity index (χ3v) is 5.19. The largest absolute Gasteiger partial charge is 0.481 e. The Morgan fingerprint density at radius 2 is 1.50 bits per heavy atom. The second-order valence-corrected chi connectivity index (χ2v) is 7.35. The van der Waals surface area contributed by atoms with Crippen molar-refractivity contribution in [1.82, 2.24) is 0 Å². The number of allylic oxidation sites excluding steroid dienone is 2. The molecule has 5 heteroatoms. The summed E-state index contributed by atoms with van der Waals surface area (Å²) in [4.78, 5) is 35.8. The summed E-state index contributed by atoms with van der Waals surface area (Å²) in [6.45, 7) is 3.61. The van der Waals surface area contributed by atoms with Crippen LogP contribution in [0.15, 0.2) is 23.8 Å². The summed E-state index contributed by atoms with van der Waals surface area (Å²) in [5.41, 5.74) is -1.63. The second-order valence-electron chi connectivity index (χ2n) is 7.35. The molecule has 1 aliphatic carbocycles. The van der Waals surface area contributed by atoms with Gasteiger partial charge in [-0.1, -0.05) is 76.5 Å². The number of aliphatic carboxylic acids is 2. The van der Waals surface area contributed by atoms with E-state index in [-0.39, 0.29) is 17.8 Å². The Morgan fingerprint density at radius 1 is 0.962 bits per heavy atom. The number of carbonyl (C=O) groups excluding carboxylic acids is 1. The average Bonchev–Trinajstić information content (AvgIpc) is 2.59. The molecule has 2 atom stereocenters. The van der Waals surface area contributed by atoms with Crippen molar-refractivity contribution in [3.8, 4) is 0 Å². The van der Waals surface area contributed by atoms with Crippen molar-refractivity contribution in [3.63, 3.8) is 0 Å². The molecule has 26 heavy (non-hydrogen) atoms. The van der Waals surface area contributed by atoms with E-state index in [4.69, 9.17) is 0 Å². The maximum Gasteiger partial charge on any atom is 0.332 e. The summed E-state index contributed by atoms with van der Waals surface area (Å²) >= 11 is 0. The molecule has 2 N–H and O–H groups in total. The third kappa shape index (κ3) is 6.11. The topological polar surface area (TPSA) is 91.7 Å². The highest BCUT2D eigenvalue weighted by Gasteiger charge is 2.48. The van der Waals surface area contributed by atoms with E-state index in [1.807, 2.05) is 0 Å². The Morgan fingerprint density at radius 3 is 2.00 bits per heavy atom. The van der Waals surface area contributed by atoms with Gasteiger partial charge >= 0.3 is 11.9 Å². The van der Waals surface area contributed by atoms with Gasteiger partial charge in [0.25, 0.3) is 0 Å². The number of rotatable bonds is 13. The lowest BCUT2D eigenvalue weighted by molar-refractivity contribution is -0.151. The fourth-order valence-electron chi connectivity index (χ4n) is 3.52. The van der Waals surface area contributed by atoms with Crippen LogP contribution in [0.25, 0.3) is 0 Å². The molecule has 0 aromatic rings. The van der Waals surface area contributed by atoms with Gasteiger partial charge in [0.15, 0.2) is 0 Å². The van der Waals surface area contributed by atoms with Crippen molar-refractivity contribution in [1.29, 1.82) is 0 Å². The van der Waals surface area contributed by atoms with Crippen molar-refractivity contribution >= 4 is 17.7 Å². The molecule has 0 amide bonds. The van der Waals surface area contributed by atoms with Crippen LogP contribution in [0.5, 0.6) is 0 Å². The van der Waals surface area contributed by atoms with Gasteiger partial charge in [0.1, 0.15) is 5.78 Å². The smallest absolute Gasteiger partial charge is 0.332 e. The van der Waals surface area contributed by atoms with Crippen LogP contribution < -0.4 is 0 Å². The third-order valence-electron chi connectivity index (χ3n) is 5.19. The number of carboxylic acid groups (broad SMARTS) is 2. The second kappa shape index (κ2) is 10.9. The minimum Gasteiger partial charge on any atom is -0.481 e. The van der Waals surface area contributed by atoms with Crippen LogP contribution in [0.2, 0.25) is 0 Å². The van der Waals surface area contributed by atoms with Gasteiger partial charge < -0.3 is 10.2 Å². The van der Waals surface area contributed by atoms with E-state index in [2.05, 4.69) is 6.92 Å². The standard InChI is InChI=1S/C21H32O5/c1-3-4-5-6-7-8-9-10-11-14-17(22)18-16(19(23)24)13-12-15-21(18,2)20(25)26/h12-13,15,18H,3-11,14H2,1-2H3,(H,23,24)(H,25,26). The average molecular weight is 364 g/mol. The van der Waals surface area contributed by atoms with Gasteiger partial charge in [-0.15, -0.1) is 0 Å². The number of carboxylic acids is 2. The lowest BCUT2D eigenvalue weighted by Gasteiger charge is -2.32. The van der Waals surface area contributed by atoms with Crippen LogP contribution in [0.1, 0.15) is 78.1 Å². The summed E-state index contributed by atoms with van der Waals surface area (Å²) in [6, 6.07) is 0. The summed E-state index contributed by atoms with van der Waals surface area (Å²) < 4.78 is 0. The van der Waals surface area contributed by atoms with Crippen LogP contribution in [0.3, 0.4) is 0 Å². The molecule has 0 heterocycles. The zero-order chi connectivity index (χ0) is 19.6. The molecule has 0 fully saturated rings. The van der Waals surface area contributed by atoms with Crippen LogP contribution in [-0.2, 0) is 14.4 Å². The monoisotopic (exact) mass is 364 g/mol. The maximum atomic E-state index is 12.6. The summed E-state index contributed by atoms with van der Waals surface area (Å²) in [7, 11) is 0. The van der Waals surface area contributed by atoms with E-state index in [0.717, 1.165) is 19.3 Å². The van der Waals surface area contributed by atoms with Crippen LogP contribution >= 0.6 is 0 Å². The molecule has 0 bridgehead atoms. The van der Waals surface area contributed by atoms with E-state index >= 15 is 0 Å². The molecule has 5 nitrogen and oxygen atoms in total. The Hall–Kier alpha value is -1.91. The molecule has 0 aromatic heterocycles. The SMILES string of the molecule is CCCCCCCCCCCC(=O)C1C(C(=O)O)=CC=CC1(C)C(=O)O. The summed E-state index contributed by atoms with van der Waals surface area (Å²) in [5, 5.41) is 18.9. The molecular formula is C21H32O5. The van der Waals surface area contributed by atoms with Crippen LogP contribution in [0, 0.1) is 11.3 Å². The van der Waals surface area contributed by atoms with E-state index in [1.54, 1.807) is 0 Å².